The van der Waals surface area contributed by atoms with Crippen molar-refractivity contribution in [1.29, 1.82) is 0 Å². The molecule has 2 N–H and O–H groups in total. The molecule has 1 aromatic carbocycles. The first-order valence-corrected chi connectivity index (χ1v) is 7.57. The van der Waals surface area contributed by atoms with Crippen molar-refractivity contribution in [1.82, 2.24) is 10.2 Å². The lowest BCUT2D eigenvalue weighted by Crippen LogP contribution is -1.98. The SMILES string of the molecule is CCCNc1nnc(CSc2ccccc2O)s1. The minimum Gasteiger partial charge on any atom is -0.507 e. The molecule has 4 nitrogen and oxygen atoms in total. The Kier molecular flexibility index (Phi) is 4.83. The summed E-state index contributed by atoms with van der Waals surface area (Å²) in [5.41, 5.74) is 0. The molecule has 0 spiro atoms. The number of aromatic nitrogens is 2. The lowest BCUT2D eigenvalue weighted by Gasteiger charge is -2.01. The second-order valence-corrected chi connectivity index (χ2v) is 5.76. The summed E-state index contributed by atoms with van der Waals surface area (Å²) in [5, 5.41) is 22.9. The molecule has 0 aliphatic carbocycles. The molecule has 96 valence electrons. The lowest BCUT2D eigenvalue weighted by atomic mass is 10.3. The first kappa shape index (κ1) is 13.2. The van der Waals surface area contributed by atoms with Crippen LogP contribution in [0.2, 0.25) is 0 Å². The molecule has 0 saturated heterocycles. The Labute approximate surface area is 114 Å². The molecular weight excluding hydrogens is 266 g/mol. The smallest absolute Gasteiger partial charge is 0.205 e. The molecule has 1 heterocycles. The highest BCUT2D eigenvalue weighted by Gasteiger charge is 2.06. The molecule has 0 amide bonds. The number of nitrogens with one attached hydrogen (secondary N) is 1. The standard InChI is InChI=1S/C12H15N3OS2/c1-2-7-13-12-15-14-11(18-12)8-17-10-6-4-3-5-9(10)16/h3-6,16H,2,7-8H2,1H3,(H,13,15). The molecule has 0 atom stereocenters. The zero-order chi connectivity index (χ0) is 12.8. The predicted octanol–water partition coefficient (Wildman–Crippen LogP) is 3.36. The summed E-state index contributed by atoms with van der Waals surface area (Å²) in [4.78, 5) is 0.871. The monoisotopic (exact) mass is 281 g/mol. The first-order chi connectivity index (χ1) is 8.79. The van der Waals surface area contributed by atoms with E-state index in [9.17, 15) is 5.11 Å². The summed E-state index contributed by atoms with van der Waals surface area (Å²) in [6.45, 7) is 3.03. The number of hydrogen-bond acceptors (Lipinski definition) is 6. The Morgan fingerprint density at radius 1 is 1.33 bits per heavy atom. The Bertz CT molecular complexity index is 502. The molecule has 0 bridgehead atoms. The highest BCUT2D eigenvalue weighted by atomic mass is 32.2. The van der Waals surface area contributed by atoms with Crippen LogP contribution in [0.5, 0.6) is 5.75 Å². The van der Waals surface area contributed by atoms with Crippen LogP contribution in [0.3, 0.4) is 0 Å². The van der Waals surface area contributed by atoms with Crippen molar-refractivity contribution in [2.75, 3.05) is 11.9 Å². The average Bonchev–Trinajstić information content (AvgIpc) is 2.83. The molecule has 2 rings (SSSR count). The van der Waals surface area contributed by atoms with Gasteiger partial charge in [-0.3, -0.25) is 0 Å². The van der Waals surface area contributed by atoms with Gasteiger partial charge in [-0.2, -0.15) is 0 Å². The van der Waals surface area contributed by atoms with Crippen LogP contribution in [0, 0.1) is 0 Å². The third-order valence-electron chi connectivity index (χ3n) is 2.21. The van der Waals surface area contributed by atoms with Crippen molar-refractivity contribution in [2.24, 2.45) is 0 Å². The van der Waals surface area contributed by atoms with Crippen LogP contribution in [0.1, 0.15) is 18.4 Å². The van der Waals surface area contributed by atoms with Gasteiger partial charge >= 0.3 is 0 Å². The number of hydrogen-bond donors (Lipinski definition) is 2. The maximum Gasteiger partial charge on any atom is 0.205 e. The summed E-state index contributed by atoms with van der Waals surface area (Å²) >= 11 is 3.13. The van der Waals surface area contributed by atoms with E-state index in [1.54, 1.807) is 29.2 Å². The van der Waals surface area contributed by atoms with E-state index in [4.69, 9.17) is 0 Å². The van der Waals surface area contributed by atoms with E-state index in [1.165, 1.54) is 0 Å². The number of thioether (sulfide) groups is 1. The number of phenolic OH excluding ortho intramolecular Hbond substituents is 1. The fraction of sp³-hybridized carbons (Fsp3) is 0.333. The van der Waals surface area contributed by atoms with Crippen LogP contribution >= 0.6 is 23.1 Å². The molecule has 1 aromatic heterocycles. The molecule has 18 heavy (non-hydrogen) atoms. The van der Waals surface area contributed by atoms with E-state index >= 15 is 0 Å². The van der Waals surface area contributed by atoms with Gasteiger partial charge in [-0.1, -0.05) is 30.4 Å². The zero-order valence-corrected chi connectivity index (χ0v) is 11.7. The third kappa shape index (κ3) is 3.61. The van der Waals surface area contributed by atoms with Gasteiger partial charge in [0.05, 0.1) is 5.75 Å². The number of aromatic hydroxyl groups is 1. The number of rotatable bonds is 6. The van der Waals surface area contributed by atoms with Crippen LogP contribution in [0.25, 0.3) is 0 Å². The van der Waals surface area contributed by atoms with Crippen molar-refractivity contribution in [3.05, 3.63) is 29.3 Å². The Morgan fingerprint density at radius 3 is 2.94 bits per heavy atom. The summed E-state index contributed by atoms with van der Waals surface area (Å²) in [5.74, 6) is 1.04. The van der Waals surface area contributed by atoms with E-state index in [0.29, 0.717) is 5.75 Å². The summed E-state index contributed by atoms with van der Waals surface area (Å²) in [6.07, 6.45) is 1.07. The average molecular weight is 281 g/mol. The molecule has 0 radical (unpaired) electrons. The quantitative estimate of drug-likeness (QED) is 0.795. The van der Waals surface area contributed by atoms with Gasteiger partial charge in [-0.25, -0.2) is 0 Å². The van der Waals surface area contributed by atoms with Gasteiger partial charge in [0, 0.05) is 11.4 Å². The van der Waals surface area contributed by atoms with Gasteiger partial charge < -0.3 is 10.4 Å². The second kappa shape index (κ2) is 6.61. The van der Waals surface area contributed by atoms with Gasteiger partial charge in [0.25, 0.3) is 0 Å². The van der Waals surface area contributed by atoms with E-state index in [0.717, 1.165) is 33.8 Å². The maximum atomic E-state index is 9.64. The second-order valence-electron chi connectivity index (χ2n) is 3.68. The molecule has 0 aliphatic rings. The van der Waals surface area contributed by atoms with Gasteiger partial charge in [0.1, 0.15) is 10.8 Å². The molecule has 6 heteroatoms. The Hall–Kier alpha value is -1.27. The van der Waals surface area contributed by atoms with E-state index < -0.39 is 0 Å². The van der Waals surface area contributed by atoms with Gasteiger partial charge in [0.15, 0.2) is 0 Å². The van der Waals surface area contributed by atoms with E-state index in [1.807, 2.05) is 18.2 Å². The first-order valence-electron chi connectivity index (χ1n) is 5.76. The number of phenols is 1. The van der Waals surface area contributed by atoms with Crippen molar-refractivity contribution in [3.8, 4) is 5.75 Å². The summed E-state index contributed by atoms with van der Waals surface area (Å²) in [7, 11) is 0. The predicted molar refractivity (Wildman–Crippen MR) is 76.4 cm³/mol. The third-order valence-corrected chi connectivity index (χ3v) is 4.35. The normalized spacial score (nSPS) is 10.5. The van der Waals surface area contributed by atoms with Crippen molar-refractivity contribution >= 4 is 28.2 Å². The van der Waals surface area contributed by atoms with Gasteiger partial charge in [-0.15, -0.1) is 22.0 Å². The Balaban J connectivity index is 1.90. The van der Waals surface area contributed by atoms with Crippen molar-refractivity contribution < 1.29 is 5.11 Å². The van der Waals surface area contributed by atoms with Crippen molar-refractivity contribution in [2.45, 2.75) is 24.0 Å². The largest absolute Gasteiger partial charge is 0.507 e. The number of benzene rings is 1. The molecule has 2 aromatic rings. The highest BCUT2D eigenvalue weighted by Crippen LogP contribution is 2.31. The van der Waals surface area contributed by atoms with Crippen LogP contribution in [0.4, 0.5) is 5.13 Å². The van der Waals surface area contributed by atoms with Crippen LogP contribution in [-0.2, 0) is 5.75 Å². The van der Waals surface area contributed by atoms with Crippen LogP contribution < -0.4 is 5.32 Å². The lowest BCUT2D eigenvalue weighted by molar-refractivity contribution is 0.462. The molecule has 0 unspecified atom stereocenters. The topological polar surface area (TPSA) is 58.0 Å². The van der Waals surface area contributed by atoms with Crippen LogP contribution in [-0.4, -0.2) is 21.8 Å². The maximum absolute atomic E-state index is 9.64. The fourth-order valence-corrected chi connectivity index (χ4v) is 3.03. The van der Waals surface area contributed by atoms with Crippen molar-refractivity contribution in [3.63, 3.8) is 0 Å². The number of anilines is 1. The molecule has 0 saturated carbocycles. The summed E-state index contributed by atoms with van der Waals surface area (Å²) < 4.78 is 0. The zero-order valence-electron chi connectivity index (χ0n) is 10.1. The minimum atomic E-state index is 0.316. The number of nitrogens with zero attached hydrogens (tertiary/aromatic N) is 2. The summed E-state index contributed by atoms with van der Waals surface area (Å²) in [6, 6.07) is 7.32. The Morgan fingerprint density at radius 2 is 2.17 bits per heavy atom. The minimum absolute atomic E-state index is 0.316. The highest BCUT2D eigenvalue weighted by molar-refractivity contribution is 7.98. The van der Waals surface area contributed by atoms with E-state index in [-0.39, 0.29) is 0 Å². The number of para-hydroxylation sites is 1. The van der Waals surface area contributed by atoms with Gasteiger partial charge in [-0.05, 0) is 18.6 Å². The molecular formula is C12H15N3OS2. The molecule has 0 fully saturated rings. The van der Waals surface area contributed by atoms with E-state index in [2.05, 4.69) is 22.4 Å². The fourth-order valence-electron chi connectivity index (χ4n) is 1.33. The van der Waals surface area contributed by atoms with Crippen LogP contribution in [0.15, 0.2) is 29.2 Å². The van der Waals surface area contributed by atoms with Gasteiger partial charge in [0.2, 0.25) is 5.13 Å². The molecule has 0 aliphatic heterocycles.